The van der Waals surface area contributed by atoms with Gasteiger partial charge in [-0.15, -0.1) is 0 Å². The molecule has 2 aliphatic rings. The quantitative estimate of drug-likeness (QED) is 0.0386. The second-order valence-electron chi connectivity index (χ2n) is 24.9. The zero-order valence-electron chi connectivity index (χ0n) is 55.0. The monoisotopic (exact) mass is 1210 g/mol. The molecule has 0 bridgehead atoms. The fourth-order valence-corrected chi connectivity index (χ4v) is 13.8. The second kappa shape index (κ2) is 31.9. The minimum absolute atomic E-state index is 0.00129. The van der Waals surface area contributed by atoms with E-state index in [1.165, 1.54) is 140 Å². The van der Waals surface area contributed by atoms with Gasteiger partial charge in [0.15, 0.2) is 0 Å². The maximum absolute atomic E-state index is 9.07. The molecule has 0 radical (unpaired) electrons. The lowest BCUT2D eigenvalue weighted by Gasteiger charge is -2.36. The normalized spacial score (nSPS) is 14.4. The fraction of sp³-hybridized carbons (Fsp3) is 0.407. The number of ether oxygens (including phenoxy) is 7. The first-order chi connectivity index (χ1) is 44.1. The minimum atomic E-state index is -0.747. The van der Waals surface area contributed by atoms with E-state index < -0.39 is 10.8 Å². The van der Waals surface area contributed by atoms with Crippen LogP contribution in [-0.2, 0) is 58.7 Å². The summed E-state index contributed by atoms with van der Waals surface area (Å²) in [5.41, 5.74) is 24.7. The van der Waals surface area contributed by atoms with Crippen LogP contribution in [0.1, 0.15) is 143 Å². The molecule has 1 atom stereocenters. The van der Waals surface area contributed by atoms with Gasteiger partial charge in [0.05, 0.1) is 95.8 Å². The third-order valence-electron chi connectivity index (χ3n) is 18.5. The van der Waals surface area contributed by atoms with E-state index in [0.29, 0.717) is 79.3 Å². The molecule has 10 rings (SSSR count). The number of aliphatic hydroxyl groups excluding tert-OH is 1. The minimum Gasteiger partial charge on any atom is -0.489 e. The largest absolute Gasteiger partial charge is 0.489 e. The highest BCUT2D eigenvalue weighted by Gasteiger charge is 2.49. The maximum atomic E-state index is 9.07. The molecule has 474 valence electrons. The van der Waals surface area contributed by atoms with Crippen molar-refractivity contribution in [3.63, 3.8) is 0 Å². The predicted molar refractivity (Wildman–Crippen MR) is 368 cm³/mol. The third kappa shape index (κ3) is 14.5. The number of aliphatic hydroxyl groups is 1. The van der Waals surface area contributed by atoms with E-state index in [1.807, 2.05) is 0 Å². The van der Waals surface area contributed by atoms with Crippen LogP contribution in [0.2, 0.25) is 0 Å². The number of nitrogens with zero attached hydrogens (tertiary/aromatic N) is 1. The molecule has 8 aromatic rings. The van der Waals surface area contributed by atoms with Crippen LogP contribution >= 0.6 is 0 Å². The van der Waals surface area contributed by atoms with Gasteiger partial charge < -0.3 is 43.2 Å². The van der Waals surface area contributed by atoms with Crippen molar-refractivity contribution in [3.8, 4) is 39.1 Å². The maximum Gasteiger partial charge on any atom is 0.142 e. The van der Waals surface area contributed by atoms with Crippen molar-refractivity contribution in [2.45, 2.75) is 116 Å². The van der Waals surface area contributed by atoms with Gasteiger partial charge in [0.1, 0.15) is 12.4 Å². The van der Waals surface area contributed by atoms with Crippen LogP contribution < -0.4 is 9.64 Å². The van der Waals surface area contributed by atoms with Gasteiger partial charge in [0.2, 0.25) is 0 Å². The summed E-state index contributed by atoms with van der Waals surface area (Å²) in [5.74, 6) is 0.793. The van der Waals surface area contributed by atoms with E-state index in [4.69, 9.17) is 38.3 Å². The average molecular weight is 1210 g/mol. The smallest absolute Gasteiger partial charge is 0.142 e. The first kappa shape index (κ1) is 66.0. The molecule has 90 heavy (non-hydrogen) atoms. The first-order valence-electron chi connectivity index (χ1n) is 33.3. The van der Waals surface area contributed by atoms with Gasteiger partial charge in [0.25, 0.3) is 0 Å². The molecule has 8 aromatic carbocycles. The Bertz CT molecular complexity index is 3550. The number of anilines is 1. The fourth-order valence-electron chi connectivity index (χ4n) is 13.8. The molecule has 0 heterocycles. The Labute approximate surface area is 537 Å². The Morgan fingerprint density at radius 1 is 0.400 bits per heavy atom. The van der Waals surface area contributed by atoms with Crippen molar-refractivity contribution in [2.75, 3.05) is 105 Å². The number of aryl methyl sites for hydroxylation is 5. The molecule has 0 spiro atoms. The lowest BCUT2D eigenvalue weighted by atomic mass is 9.66. The van der Waals surface area contributed by atoms with Crippen LogP contribution in [0.4, 0.5) is 5.69 Å². The molecule has 0 saturated carbocycles. The number of hydrogen-bond donors (Lipinski definition) is 1. The number of unbranched alkanes of at least 4 members (excludes halogenated alkanes) is 6. The average Bonchev–Trinajstić information content (AvgIpc) is 1.52. The number of methoxy groups -OCH3 is 1. The number of benzene rings is 8. The molecule has 0 fully saturated rings. The molecule has 1 unspecified atom stereocenters. The van der Waals surface area contributed by atoms with Gasteiger partial charge in [-0.2, -0.15) is 0 Å². The van der Waals surface area contributed by atoms with Crippen molar-refractivity contribution in [1.82, 2.24) is 0 Å². The van der Waals surface area contributed by atoms with Crippen LogP contribution in [0.3, 0.4) is 0 Å². The standard InChI is InChI=1S/C81H97NO8/c1-9-11-13-15-17-61-21-28-66(29-22-61)80(67-30-23-62(24-31-67)18-16-14-12-10-2)74-51-58(3)19-34-70(74)72-36-26-63(54-76(72)80)64-27-37-73-71-35-20-59(4)52-75(71)81(77(73)55-64,68-32-25-65(60(5)53-68)57-89-48-47-87-44-43-85-40-39-83)69-33-38-79(78(56-69)82(6)7)90-50-49-88-46-45-86-42-41-84-8/h19-38,51-56,83H,9-18,39-50,57H2,1-8H3. The molecule has 0 aliphatic heterocycles. The van der Waals surface area contributed by atoms with Crippen molar-refractivity contribution in [1.29, 1.82) is 0 Å². The number of rotatable bonds is 36. The molecule has 2 aliphatic carbocycles. The van der Waals surface area contributed by atoms with E-state index >= 15 is 0 Å². The summed E-state index contributed by atoms with van der Waals surface area (Å²) in [5, 5.41) is 9.07. The highest BCUT2D eigenvalue weighted by molar-refractivity contribution is 5.92. The Morgan fingerprint density at radius 3 is 1.32 bits per heavy atom. The molecular formula is C81H97NO8. The number of fused-ring (bicyclic) bond motifs is 6. The van der Waals surface area contributed by atoms with Crippen molar-refractivity contribution >= 4 is 5.69 Å². The molecule has 9 heteroatoms. The molecule has 0 amide bonds. The second-order valence-corrected chi connectivity index (χ2v) is 24.9. The van der Waals surface area contributed by atoms with Crippen LogP contribution in [0.15, 0.2) is 158 Å². The van der Waals surface area contributed by atoms with Crippen LogP contribution in [0.5, 0.6) is 5.75 Å². The summed E-state index contributed by atoms with van der Waals surface area (Å²) in [6.45, 7) is 16.7. The van der Waals surface area contributed by atoms with Gasteiger partial charge in [-0.3, -0.25) is 0 Å². The molecule has 0 aromatic heterocycles. The zero-order valence-corrected chi connectivity index (χ0v) is 55.0. The van der Waals surface area contributed by atoms with Gasteiger partial charge >= 0.3 is 0 Å². The SMILES string of the molecule is CCCCCCc1ccc(C2(c3ccc(CCCCCC)cc3)c3cc(C)ccc3-c3ccc(-c4ccc5c(c4)C(c4ccc(COCCOCCOCCO)c(C)c4)(c4ccc(OCCOCCOCCOC)c(N(C)C)c4)c4cc(C)ccc4-5)cc32)cc1. The van der Waals surface area contributed by atoms with E-state index in [1.54, 1.807) is 7.11 Å². The van der Waals surface area contributed by atoms with E-state index in [9.17, 15) is 0 Å². The van der Waals surface area contributed by atoms with Gasteiger partial charge in [-0.05, 0) is 171 Å². The zero-order chi connectivity index (χ0) is 62.9. The van der Waals surface area contributed by atoms with Crippen molar-refractivity contribution in [3.05, 3.63) is 236 Å². The Kier molecular flexibility index (Phi) is 23.4. The van der Waals surface area contributed by atoms with E-state index in [-0.39, 0.29) is 6.61 Å². The van der Waals surface area contributed by atoms with Crippen LogP contribution in [-0.4, -0.2) is 106 Å². The predicted octanol–water partition coefficient (Wildman–Crippen LogP) is 16.9. The lowest BCUT2D eigenvalue weighted by molar-refractivity contribution is 0.00444. The Hall–Kier alpha value is -6.92. The molecule has 1 N–H and O–H groups in total. The van der Waals surface area contributed by atoms with Crippen molar-refractivity contribution < 1.29 is 38.3 Å². The van der Waals surface area contributed by atoms with E-state index in [0.717, 1.165) is 46.5 Å². The van der Waals surface area contributed by atoms with Gasteiger partial charge in [-0.25, -0.2) is 0 Å². The van der Waals surface area contributed by atoms with Crippen LogP contribution in [0.25, 0.3) is 33.4 Å². The number of hydrogen-bond acceptors (Lipinski definition) is 9. The van der Waals surface area contributed by atoms with Crippen LogP contribution in [0, 0.1) is 20.8 Å². The molecular weight excluding hydrogens is 1110 g/mol. The van der Waals surface area contributed by atoms with E-state index in [2.05, 4.69) is 211 Å². The molecule has 0 saturated heterocycles. The summed E-state index contributed by atoms with van der Waals surface area (Å²) in [6, 6.07) is 62.0. The Balaban J connectivity index is 1.10. The highest BCUT2D eigenvalue weighted by Crippen LogP contribution is 2.60. The summed E-state index contributed by atoms with van der Waals surface area (Å²) in [6.07, 6.45) is 12.2. The van der Waals surface area contributed by atoms with Gasteiger partial charge in [-0.1, -0.05) is 197 Å². The first-order valence-corrected chi connectivity index (χ1v) is 33.3. The highest BCUT2D eigenvalue weighted by atomic mass is 16.6. The Morgan fingerprint density at radius 2 is 0.833 bits per heavy atom. The summed E-state index contributed by atoms with van der Waals surface area (Å²) >= 11 is 0. The van der Waals surface area contributed by atoms with Crippen molar-refractivity contribution in [2.24, 2.45) is 0 Å². The molecule has 9 nitrogen and oxygen atoms in total. The third-order valence-corrected chi connectivity index (χ3v) is 18.5. The summed E-state index contributed by atoms with van der Waals surface area (Å²) in [4.78, 5) is 2.16. The van der Waals surface area contributed by atoms with Gasteiger partial charge in [0, 0.05) is 21.2 Å². The topological polar surface area (TPSA) is 88.1 Å². The lowest BCUT2D eigenvalue weighted by Crippen LogP contribution is -2.29. The summed E-state index contributed by atoms with van der Waals surface area (Å²) in [7, 11) is 5.87. The summed E-state index contributed by atoms with van der Waals surface area (Å²) < 4.78 is 40.7.